The van der Waals surface area contributed by atoms with E-state index in [1.165, 1.54) is 17.7 Å². The number of benzene rings is 2. The number of carbonyl (C=O) groups is 2. The van der Waals surface area contributed by atoms with Crippen molar-refractivity contribution >= 4 is 11.8 Å². The van der Waals surface area contributed by atoms with Gasteiger partial charge in [0.05, 0.1) is 6.04 Å². The maximum absolute atomic E-state index is 13.6. The molecule has 2 amide bonds. The van der Waals surface area contributed by atoms with Crippen LogP contribution in [-0.4, -0.2) is 40.7 Å². The van der Waals surface area contributed by atoms with Crippen LogP contribution >= 0.6 is 0 Å². The number of fused-ring (bicyclic) bond motifs is 1. The molecule has 2 saturated heterocycles. The summed E-state index contributed by atoms with van der Waals surface area (Å²) in [4.78, 5) is 29.7. The minimum absolute atomic E-state index is 0.0104. The van der Waals surface area contributed by atoms with Crippen LogP contribution in [0.3, 0.4) is 0 Å². The van der Waals surface area contributed by atoms with Gasteiger partial charge in [-0.25, -0.2) is 4.39 Å². The minimum atomic E-state index is -0.292. The van der Waals surface area contributed by atoms with E-state index in [2.05, 4.69) is 0 Å². The van der Waals surface area contributed by atoms with Gasteiger partial charge in [0.1, 0.15) is 5.82 Å². The van der Waals surface area contributed by atoms with Crippen LogP contribution in [0.15, 0.2) is 42.5 Å². The lowest BCUT2D eigenvalue weighted by Gasteiger charge is -2.30. The Balaban J connectivity index is 1.55. The van der Waals surface area contributed by atoms with Gasteiger partial charge in [-0.2, -0.15) is 0 Å². The Kier molecular flexibility index (Phi) is 5.39. The fourth-order valence-corrected chi connectivity index (χ4v) is 4.60. The summed E-state index contributed by atoms with van der Waals surface area (Å²) in [7, 11) is 0. The molecule has 2 aliphatic heterocycles. The van der Waals surface area contributed by atoms with Gasteiger partial charge >= 0.3 is 0 Å². The molecule has 0 spiro atoms. The van der Waals surface area contributed by atoms with Crippen molar-refractivity contribution in [2.24, 2.45) is 5.92 Å². The van der Waals surface area contributed by atoms with Crippen LogP contribution in [0.5, 0.6) is 0 Å². The predicted molar refractivity (Wildman–Crippen MR) is 110 cm³/mol. The zero-order valence-corrected chi connectivity index (χ0v) is 17.0. The van der Waals surface area contributed by atoms with E-state index in [0.717, 1.165) is 24.0 Å². The monoisotopic (exact) mass is 394 g/mol. The first kappa shape index (κ1) is 19.6. The largest absolute Gasteiger partial charge is 0.336 e. The van der Waals surface area contributed by atoms with Gasteiger partial charge in [0.2, 0.25) is 5.91 Å². The molecule has 0 bridgehead atoms. The summed E-state index contributed by atoms with van der Waals surface area (Å²) in [6, 6.07) is 12.2. The number of carbonyl (C=O) groups excluding carboxylic acids is 2. The first-order chi connectivity index (χ1) is 13.9. The van der Waals surface area contributed by atoms with Crippen molar-refractivity contribution in [2.45, 2.75) is 45.7 Å². The Bertz CT molecular complexity index is 942. The lowest BCUT2D eigenvalue weighted by atomic mass is 9.98. The zero-order valence-electron chi connectivity index (χ0n) is 17.0. The third kappa shape index (κ3) is 4.04. The highest BCUT2D eigenvalue weighted by atomic mass is 19.1. The molecule has 2 atom stereocenters. The Labute approximate surface area is 171 Å². The fraction of sp³-hybridized carbons (Fsp3) is 0.417. The van der Waals surface area contributed by atoms with Crippen molar-refractivity contribution in [1.82, 2.24) is 9.80 Å². The third-order valence-electron chi connectivity index (χ3n) is 6.38. The van der Waals surface area contributed by atoms with E-state index in [-0.39, 0.29) is 29.6 Å². The van der Waals surface area contributed by atoms with Crippen LogP contribution in [0.2, 0.25) is 0 Å². The highest BCUT2D eigenvalue weighted by Crippen LogP contribution is 2.32. The molecule has 0 aliphatic carbocycles. The molecule has 4 nitrogen and oxygen atoms in total. The molecule has 2 heterocycles. The van der Waals surface area contributed by atoms with Crippen LogP contribution < -0.4 is 0 Å². The van der Waals surface area contributed by atoms with Gasteiger partial charge in [-0.15, -0.1) is 0 Å². The third-order valence-corrected chi connectivity index (χ3v) is 6.38. The number of likely N-dealkylation sites (tertiary alicyclic amines) is 2. The summed E-state index contributed by atoms with van der Waals surface area (Å²) in [5.41, 5.74) is 3.76. The highest BCUT2D eigenvalue weighted by Gasteiger charge is 2.41. The number of halogens is 1. The summed E-state index contributed by atoms with van der Waals surface area (Å²) in [6.45, 7) is 5.65. The van der Waals surface area contributed by atoms with Gasteiger partial charge in [-0.05, 0) is 73.6 Å². The van der Waals surface area contributed by atoms with Gasteiger partial charge in [0.15, 0.2) is 0 Å². The van der Waals surface area contributed by atoms with E-state index in [9.17, 15) is 14.0 Å². The maximum atomic E-state index is 13.6. The molecular formula is C24H27FN2O2. The number of nitrogens with zero attached hydrogens (tertiary/aromatic N) is 2. The van der Waals surface area contributed by atoms with Crippen LogP contribution in [0.25, 0.3) is 0 Å². The molecule has 2 aromatic carbocycles. The van der Waals surface area contributed by atoms with Gasteiger partial charge < -0.3 is 9.80 Å². The van der Waals surface area contributed by atoms with Crippen molar-refractivity contribution in [3.63, 3.8) is 0 Å². The van der Waals surface area contributed by atoms with E-state index in [1.807, 2.05) is 47.9 Å². The molecule has 0 aromatic heterocycles. The highest BCUT2D eigenvalue weighted by molar-refractivity contribution is 5.94. The van der Waals surface area contributed by atoms with Crippen molar-refractivity contribution in [1.29, 1.82) is 0 Å². The summed E-state index contributed by atoms with van der Waals surface area (Å²) in [5, 5.41) is 0. The molecule has 5 heteroatoms. The molecule has 29 heavy (non-hydrogen) atoms. The lowest BCUT2D eigenvalue weighted by molar-refractivity contribution is -0.133. The average molecular weight is 394 g/mol. The summed E-state index contributed by atoms with van der Waals surface area (Å²) < 4.78 is 13.6. The predicted octanol–water partition coefficient (Wildman–Crippen LogP) is 4.10. The van der Waals surface area contributed by atoms with E-state index >= 15 is 0 Å². The second-order valence-corrected chi connectivity index (χ2v) is 8.38. The number of hydrogen-bond donors (Lipinski definition) is 0. The van der Waals surface area contributed by atoms with E-state index < -0.39 is 0 Å². The Morgan fingerprint density at radius 1 is 1.10 bits per heavy atom. The Morgan fingerprint density at radius 2 is 1.93 bits per heavy atom. The van der Waals surface area contributed by atoms with Crippen molar-refractivity contribution in [3.8, 4) is 0 Å². The topological polar surface area (TPSA) is 40.6 Å². The normalized spacial score (nSPS) is 21.8. The molecule has 2 fully saturated rings. The molecule has 0 unspecified atom stereocenters. The number of rotatable bonds is 3. The second kappa shape index (κ2) is 7.97. The molecule has 0 radical (unpaired) electrons. The summed E-state index contributed by atoms with van der Waals surface area (Å²) in [5.74, 6) is 0.103. The Hall–Kier alpha value is -2.69. The molecular weight excluding hydrogens is 367 g/mol. The molecule has 152 valence electrons. The number of amides is 2. The number of aryl methyl sites for hydroxylation is 2. The van der Waals surface area contributed by atoms with Crippen LogP contribution in [0.1, 0.15) is 46.3 Å². The minimum Gasteiger partial charge on any atom is -0.336 e. The Morgan fingerprint density at radius 3 is 2.69 bits per heavy atom. The maximum Gasteiger partial charge on any atom is 0.253 e. The first-order valence-corrected chi connectivity index (χ1v) is 10.3. The molecule has 2 aromatic rings. The van der Waals surface area contributed by atoms with Crippen molar-refractivity contribution < 1.29 is 14.0 Å². The quantitative estimate of drug-likeness (QED) is 0.787. The van der Waals surface area contributed by atoms with E-state index in [0.29, 0.717) is 31.6 Å². The van der Waals surface area contributed by atoms with Crippen molar-refractivity contribution in [3.05, 3.63) is 70.5 Å². The lowest BCUT2D eigenvalue weighted by Crippen LogP contribution is -2.43. The molecule has 4 rings (SSSR count). The van der Waals surface area contributed by atoms with Gasteiger partial charge in [-0.1, -0.05) is 18.2 Å². The second-order valence-electron chi connectivity index (χ2n) is 8.38. The smallest absolute Gasteiger partial charge is 0.253 e. The molecule has 0 N–H and O–H groups in total. The van der Waals surface area contributed by atoms with Crippen LogP contribution in [0, 0.1) is 25.6 Å². The van der Waals surface area contributed by atoms with Gasteiger partial charge in [0, 0.05) is 31.6 Å². The standard InChI is InChI=1S/C24H27FN2O2/c1-16-9-10-19(11-17(16)2)24(29)26-14-20-6-4-8-23(28)27(22(20)15-26)13-18-5-3-7-21(25)12-18/h3,5,7,9-12,20,22H,4,6,8,13-15H2,1-2H3/t20-,22+/m1/s1. The van der Waals surface area contributed by atoms with Crippen molar-refractivity contribution in [2.75, 3.05) is 13.1 Å². The van der Waals surface area contributed by atoms with Gasteiger partial charge in [0.25, 0.3) is 5.91 Å². The fourth-order valence-electron chi connectivity index (χ4n) is 4.60. The SMILES string of the molecule is Cc1ccc(C(=O)N2C[C@H]3CCCC(=O)N(Cc4cccc(F)c4)[C@H]3C2)cc1C. The van der Waals surface area contributed by atoms with Gasteiger partial charge in [-0.3, -0.25) is 9.59 Å². The molecule has 0 saturated carbocycles. The van der Waals surface area contributed by atoms with Crippen LogP contribution in [0.4, 0.5) is 4.39 Å². The first-order valence-electron chi connectivity index (χ1n) is 10.3. The van der Waals surface area contributed by atoms with Crippen LogP contribution in [-0.2, 0) is 11.3 Å². The summed E-state index contributed by atoms with van der Waals surface area (Å²) >= 11 is 0. The number of hydrogen-bond acceptors (Lipinski definition) is 2. The van der Waals surface area contributed by atoms with E-state index in [4.69, 9.17) is 0 Å². The summed E-state index contributed by atoms with van der Waals surface area (Å²) in [6.07, 6.45) is 2.30. The zero-order chi connectivity index (χ0) is 20.5. The van der Waals surface area contributed by atoms with E-state index in [1.54, 1.807) is 6.07 Å². The molecule has 2 aliphatic rings. The average Bonchev–Trinajstić information content (AvgIpc) is 3.05.